The zero-order chi connectivity index (χ0) is 20.8. The van der Waals surface area contributed by atoms with Crippen molar-refractivity contribution < 1.29 is 14.4 Å². The van der Waals surface area contributed by atoms with E-state index in [2.05, 4.69) is 41.0 Å². The van der Waals surface area contributed by atoms with Gasteiger partial charge in [-0.2, -0.15) is 0 Å². The minimum atomic E-state index is -0.354. The number of hydrogen-bond donors (Lipinski definition) is 0. The summed E-state index contributed by atoms with van der Waals surface area (Å²) in [5, 5.41) is 11.5. The zero-order valence-corrected chi connectivity index (χ0v) is 17.4. The Balaban J connectivity index is 1.62. The van der Waals surface area contributed by atoms with Gasteiger partial charge < -0.3 is 9.47 Å². The molecule has 0 aliphatic carbocycles. The number of ether oxygens (including phenoxy) is 2. The minimum Gasteiger partial charge on any atom is -0.493 e. The third-order valence-corrected chi connectivity index (χ3v) is 5.48. The molecule has 156 valence electrons. The van der Waals surface area contributed by atoms with Gasteiger partial charge in [0.25, 0.3) is 5.69 Å². The fourth-order valence-electron chi connectivity index (χ4n) is 3.69. The van der Waals surface area contributed by atoms with Crippen LogP contribution in [0.4, 0.5) is 5.69 Å². The van der Waals surface area contributed by atoms with Gasteiger partial charge in [-0.3, -0.25) is 19.9 Å². The van der Waals surface area contributed by atoms with E-state index in [9.17, 15) is 10.1 Å². The Morgan fingerprint density at radius 3 is 1.93 bits per heavy atom. The lowest BCUT2D eigenvalue weighted by atomic mass is 10.1. The summed E-state index contributed by atoms with van der Waals surface area (Å²) >= 11 is 0. The maximum absolute atomic E-state index is 11.5. The standard InChI is InChI=1S/C22H29N3O4/c1-4-17-5-7-18(8-6-17)15-23-9-11-24(12-10-23)16-19-13-21(28-2)22(29-3)14-20(19)25(26)27/h5-8,13-14H,4,9-12,15-16H2,1-3H3. The van der Waals surface area contributed by atoms with E-state index in [0.717, 1.165) is 39.1 Å². The number of aryl methyl sites for hydroxylation is 1. The van der Waals surface area contributed by atoms with Gasteiger partial charge in [0.1, 0.15) is 0 Å². The third kappa shape index (κ3) is 5.25. The molecule has 0 spiro atoms. The van der Waals surface area contributed by atoms with Crippen molar-refractivity contribution in [2.45, 2.75) is 26.4 Å². The van der Waals surface area contributed by atoms with E-state index in [1.54, 1.807) is 13.2 Å². The molecule has 1 heterocycles. The molecule has 2 aromatic rings. The number of piperazine rings is 1. The highest BCUT2D eigenvalue weighted by Gasteiger charge is 2.23. The summed E-state index contributed by atoms with van der Waals surface area (Å²) in [7, 11) is 3.02. The highest BCUT2D eigenvalue weighted by Crippen LogP contribution is 2.35. The van der Waals surface area contributed by atoms with Crippen molar-refractivity contribution in [3.05, 3.63) is 63.2 Å². The lowest BCUT2D eigenvalue weighted by molar-refractivity contribution is -0.385. The molecule has 0 unspecified atom stereocenters. The van der Waals surface area contributed by atoms with Gasteiger partial charge in [-0.1, -0.05) is 31.2 Å². The van der Waals surface area contributed by atoms with Crippen molar-refractivity contribution in [2.24, 2.45) is 0 Å². The number of methoxy groups -OCH3 is 2. The Morgan fingerprint density at radius 2 is 1.41 bits per heavy atom. The van der Waals surface area contributed by atoms with Crippen LogP contribution in [-0.4, -0.2) is 55.1 Å². The Hall–Kier alpha value is -2.64. The van der Waals surface area contributed by atoms with Crippen LogP contribution in [0.1, 0.15) is 23.6 Å². The highest BCUT2D eigenvalue weighted by atomic mass is 16.6. The molecule has 2 aromatic carbocycles. The van der Waals surface area contributed by atoms with Crippen molar-refractivity contribution in [3.63, 3.8) is 0 Å². The maximum atomic E-state index is 11.5. The van der Waals surface area contributed by atoms with Crippen LogP contribution in [-0.2, 0) is 19.5 Å². The van der Waals surface area contributed by atoms with Gasteiger partial charge in [0.05, 0.1) is 25.2 Å². The van der Waals surface area contributed by atoms with Crippen LogP contribution < -0.4 is 9.47 Å². The van der Waals surface area contributed by atoms with E-state index in [4.69, 9.17) is 9.47 Å². The normalized spacial score (nSPS) is 15.3. The molecule has 1 fully saturated rings. The SMILES string of the molecule is CCc1ccc(CN2CCN(Cc3cc(OC)c(OC)cc3[N+](=O)[O-])CC2)cc1. The van der Waals surface area contributed by atoms with Crippen molar-refractivity contribution in [1.29, 1.82) is 0 Å². The van der Waals surface area contributed by atoms with Crippen molar-refractivity contribution in [1.82, 2.24) is 9.80 Å². The first-order valence-electron chi connectivity index (χ1n) is 9.95. The first kappa shape index (κ1) is 21.1. The van der Waals surface area contributed by atoms with Crippen LogP contribution in [0, 0.1) is 10.1 Å². The molecule has 0 amide bonds. The topological polar surface area (TPSA) is 68.1 Å². The monoisotopic (exact) mass is 399 g/mol. The van der Waals surface area contributed by atoms with Gasteiger partial charge in [-0.15, -0.1) is 0 Å². The molecule has 3 rings (SSSR count). The highest BCUT2D eigenvalue weighted by molar-refractivity contribution is 5.54. The lowest BCUT2D eigenvalue weighted by Crippen LogP contribution is -2.45. The number of nitrogens with zero attached hydrogens (tertiary/aromatic N) is 3. The van der Waals surface area contributed by atoms with Crippen LogP contribution in [0.2, 0.25) is 0 Å². The van der Waals surface area contributed by atoms with Gasteiger partial charge in [0.15, 0.2) is 11.5 Å². The van der Waals surface area contributed by atoms with E-state index in [1.807, 2.05) is 0 Å². The third-order valence-electron chi connectivity index (χ3n) is 5.48. The smallest absolute Gasteiger partial charge is 0.277 e. The molecule has 1 aliphatic rings. The zero-order valence-electron chi connectivity index (χ0n) is 17.4. The predicted molar refractivity (Wildman–Crippen MR) is 113 cm³/mol. The molecule has 0 saturated carbocycles. The first-order valence-corrected chi connectivity index (χ1v) is 9.95. The molecule has 0 bridgehead atoms. The van der Waals surface area contributed by atoms with Gasteiger partial charge in [-0.05, 0) is 23.6 Å². The van der Waals surface area contributed by atoms with Crippen LogP contribution in [0.3, 0.4) is 0 Å². The van der Waals surface area contributed by atoms with E-state index in [1.165, 1.54) is 24.3 Å². The van der Waals surface area contributed by atoms with Crippen molar-refractivity contribution in [3.8, 4) is 11.5 Å². The quantitative estimate of drug-likeness (QED) is 0.500. The van der Waals surface area contributed by atoms with Gasteiger partial charge in [-0.25, -0.2) is 0 Å². The van der Waals surface area contributed by atoms with E-state index in [-0.39, 0.29) is 10.6 Å². The lowest BCUT2D eigenvalue weighted by Gasteiger charge is -2.34. The molecule has 1 aliphatic heterocycles. The summed E-state index contributed by atoms with van der Waals surface area (Å²) in [6, 6.07) is 12.0. The summed E-state index contributed by atoms with van der Waals surface area (Å²) in [5.41, 5.74) is 3.40. The Labute approximate surface area is 172 Å². The van der Waals surface area contributed by atoms with Gasteiger partial charge >= 0.3 is 0 Å². The Kier molecular flexibility index (Phi) is 7.06. The Morgan fingerprint density at radius 1 is 0.897 bits per heavy atom. The number of nitro benzene ring substituents is 1. The molecule has 7 heteroatoms. The van der Waals surface area contributed by atoms with Crippen LogP contribution in [0.15, 0.2) is 36.4 Å². The van der Waals surface area contributed by atoms with E-state index < -0.39 is 0 Å². The minimum absolute atomic E-state index is 0.0705. The molecular formula is C22H29N3O4. The molecule has 0 atom stereocenters. The van der Waals surface area contributed by atoms with Crippen molar-refractivity contribution >= 4 is 5.69 Å². The second-order valence-electron chi connectivity index (χ2n) is 7.32. The maximum Gasteiger partial charge on any atom is 0.277 e. The van der Waals surface area contributed by atoms with Gasteiger partial charge in [0, 0.05) is 44.8 Å². The predicted octanol–water partition coefficient (Wildman–Crippen LogP) is 3.49. The molecule has 0 radical (unpaired) electrons. The van der Waals surface area contributed by atoms with Gasteiger partial charge in [0.2, 0.25) is 0 Å². The van der Waals surface area contributed by atoms with Crippen LogP contribution in [0.5, 0.6) is 11.5 Å². The summed E-state index contributed by atoms with van der Waals surface area (Å²) in [6.07, 6.45) is 1.06. The number of rotatable bonds is 8. The fourth-order valence-corrected chi connectivity index (χ4v) is 3.69. The molecule has 29 heavy (non-hydrogen) atoms. The summed E-state index contributed by atoms with van der Waals surface area (Å²) < 4.78 is 10.5. The molecule has 0 aromatic heterocycles. The van der Waals surface area contributed by atoms with Crippen LogP contribution >= 0.6 is 0 Å². The van der Waals surface area contributed by atoms with E-state index >= 15 is 0 Å². The summed E-state index contributed by atoms with van der Waals surface area (Å²) in [4.78, 5) is 15.8. The molecular weight excluding hydrogens is 370 g/mol. The average molecular weight is 399 g/mol. The van der Waals surface area contributed by atoms with E-state index in [0.29, 0.717) is 23.6 Å². The average Bonchev–Trinajstić information content (AvgIpc) is 2.75. The van der Waals surface area contributed by atoms with Crippen LogP contribution in [0.25, 0.3) is 0 Å². The molecule has 1 saturated heterocycles. The second-order valence-corrected chi connectivity index (χ2v) is 7.32. The number of benzene rings is 2. The molecule has 0 N–H and O–H groups in total. The largest absolute Gasteiger partial charge is 0.493 e. The number of nitro groups is 1. The number of hydrogen-bond acceptors (Lipinski definition) is 6. The molecule has 7 nitrogen and oxygen atoms in total. The fraction of sp³-hybridized carbons (Fsp3) is 0.455. The van der Waals surface area contributed by atoms with Crippen molar-refractivity contribution in [2.75, 3.05) is 40.4 Å². The second kappa shape index (κ2) is 9.71. The first-order chi connectivity index (χ1) is 14.0. The summed E-state index contributed by atoms with van der Waals surface area (Å²) in [5.74, 6) is 0.893. The Bertz CT molecular complexity index is 831. The summed E-state index contributed by atoms with van der Waals surface area (Å²) in [6.45, 7) is 7.26.